The molecular formula is C18H13N. The van der Waals surface area contributed by atoms with Gasteiger partial charge in [0, 0.05) is 12.4 Å². The third-order valence-electron chi connectivity index (χ3n) is 3.81. The van der Waals surface area contributed by atoms with E-state index >= 15 is 0 Å². The Morgan fingerprint density at radius 3 is 2.37 bits per heavy atom. The minimum absolute atomic E-state index is 1.05. The van der Waals surface area contributed by atoms with Crippen LogP contribution in [0.5, 0.6) is 0 Å². The van der Waals surface area contributed by atoms with Crippen LogP contribution in [0.15, 0.2) is 67.0 Å². The molecule has 0 fully saturated rings. The summed E-state index contributed by atoms with van der Waals surface area (Å²) in [4.78, 5) is 4.08. The van der Waals surface area contributed by atoms with Crippen LogP contribution in [0.4, 0.5) is 0 Å². The van der Waals surface area contributed by atoms with E-state index in [-0.39, 0.29) is 0 Å². The Kier molecular flexibility index (Phi) is 2.25. The summed E-state index contributed by atoms with van der Waals surface area (Å²) in [5.41, 5.74) is 8.13. The predicted molar refractivity (Wildman–Crippen MR) is 77.9 cm³/mol. The second-order valence-electron chi connectivity index (χ2n) is 4.94. The third kappa shape index (κ3) is 1.66. The molecule has 0 saturated carbocycles. The van der Waals surface area contributed by atoms with Crippen LogP contribution >= 0.6 is 0 Å². The van der Waals surface area contributed by atoms with E-state index in [4.69, 9.17) is 0 Å². The SMILES string of the molecule is c1ccc2c(c1)Cc1cc(-c3ccncc3)ccc1-2. The number of pyridine rings is 1. The van der Waals surface area contributed by atoms with Crippen LogP contribution in [0.3, 0.4) is 0 Å². The zero-order valence-electron chi connectivity index (χ0n) is 10.5. The third-order valence-corrected chi connectivity index (χ3v) is 3.81. The monoisotopic (exact) mass is 243 g/mol. The lowest BCUT2D eigenvalue weighted by atomic mass is 10.00. The predicted octanol–water partition coefficient (Wildman–Crippen LogP) is 4.32. The first-order valence-electron chi connectivity index (χ1n) is 6.53. The highest BCUT2D eigenvalue weighted by Crippen LogP contribution is 2.38. The van der Waals surface area contributed by atoms with E-state index in [1.807, 2.05) is 12.4 Å². The number of benzene rings is 2. The first-order chi connectivity index (χ1) is 9.42. The van der Waals surface area contributed by atoms with Gasteiger partial charge in [-0.3, -0.25) is 4.98 Å². The molecule has 0 bridgehead atoms. The van der Waals surface area contributed by atoms with E-state index < -0.39 is 0 Å². The Hall–Kier alpha value is -2.41. The molecule has 0 radical (unpaired) electrons. The average molecular weight is 243 g/mol. The van der Waals surface area contributed by atoms with Crippen LogP contribution < -0.4 is 0 Å². The Labute approximate surface area is 112 Å². The molecule has 1 heteroatoms. The highest BCUT2D eigenvalue weighted by Gasteiger charge is 2.17. The lowest BCUT2D eigenvalue weighted by molar-refractivity contribution is 1.26. The van der Waals surface area contributed by atoms with Crippen LogP contribution in [0.1, 0.15) is 11.1 Å². The fraction of sp³-hybridized carbons (Fsp3) is 0.0556. The molecule has 0 amide bonds. The van der Waals surface area contributed by atoms with Crippen molar-refractivity contribution in [3.05, 3.63) is 78.1 Å². The molecule has 0 saturated heterocycles. The van der Waals surface area contributed by atoms with E-state index in [9.17, 15) is 0 Å². The molecule has 0 aliphatic heterocycles. The molecule has 1 aliphatic rings. The quantitative estimate of drug-likeness (QED) is 0.485. The highest BCUT2D eigenvalue weighted by molar-refractivity contribution is 5.80. The molecule has 4 rings (SSSR count). The molecule has 1 nitrogen and oxygen atoms in total. The average Bonchev–Trinajstić information content (AvgIpc) is 2.86. The lowest BCUT2D eigenvalue weighted by Crippen LogP contribution is -1.83. The topological polar surface area (TPSA) is 12.9 Å². The molecule has 90 valence electrons. The Morgan fingerprint density at radius 1 is 0.684 bits per heavy atom. The molecule has 0 spiro atoms. The van der Waals surface area contributed by atoms with Crippen molar-refractivity contribution in [1.29, 1.82) is 0 Å². The van der Waals surface area contributed by atoms with E-state index in [2.05, 4.69) is 59.6 Å². The van der Waals surface area contributed by atoms with E-state index in [1.54, 1.807) is 0 Å². The fourth-order valence-corrected chi connectivity index (χ4v) is 2.87. The molecule has 0 unspecified atom stereocenters. The maximum absolute atomic E-state index is 4.08. The van der Waals surface area contributed by atoms with Crippen LogP contribution in [-0.2, 0) is 6.42 Å². The minimum atomic E-state index is 1.05. The van der Waals surface area contributed by atoms with E-state index in [1.165, 1.54) is 33.4 Å². The van der Waals surface area contributed by atoms with Crippen LogP contribution in [0.2, 0.25) is 0 Å². The number of hydrogen-bond acceptors (Lipinski definition) is 1. The van der Waals surface area contributed by atoms with Crippen LogP contribution in [0.25, 0.3) is 22.3 Å². The molecule has 3 aromatic rings. The second kappa shape index (κ2) is 4.06. The largest absolute Gasteiger partial charge is 0.265 e. The van der Waals surface area contributed by atoms with Crippen molar-refractivity contribution in [3.8, 4) is 22.3 Å². The maximum atomic E-state index is 4.08. The lowest BCUT2D eigenvalue weighted by Gasteiger charge is -2.05. The van der Waals surface area contributed by atoms with Gasteiger partial charge in [0.05, 0.1) is 0 Å². The van der Waals surface area contributed by atoms with Crippen molar-refractivity contribution in [2.24, 2.45) is 0 Å². The summed E-state index contributed by atoms with van der Waals surface area (Å²) < 4.78 is 0. The van der Waals surface area contributed by atoms with E-state index in [0.717, 1.165) is 6.42 Å². The Balaban J connectivity index is 1.84. The maximum Gasteiger partial charge on any atom is 0.0273 e. The number of nitrogens with zero attached hydrogens (tertiary/aromatic N) is 1. The summed E-state index contributed by atoms with van der Waals surface area (Å²) in [6.45, 7) is 0. The van der Waals surface area contributed by atoms with Crippen molar-refractivity contribution in [2.75, 3.05) is 0 Å². The summed E-state index contributed by atoms with van der Waals surface area (Å²) in [6, 6.07) is 19.6. The fourth-order valence-electron chi connectivity index (χ4n) is 2.87. The van der Waals surface area contributed by atoms with Gasteiger partial charge in [-0.2, -0.15) is 0 Å². The van der Waals surface area contributed by atoms with Crippen LogP contribution in [0, 0.1) is 0 Å². The van der Waals surface area contributed by atoms with Gasteiger partial charge < -0.3 is 0 Å². The van der Waals surface area contributed by atoms with Gasteiger partial charge in [-0.25, -0.2) is 0 Å². The van der Waals surface area contributed by atoms with Gasteiger partial charge >= 0.3 is 0 Å². The van der Waals surface area contributed by atoms with Crippen LogP contribution in [-0.4, -0.2) is 4.98 Å². The minimum Gasteiger partial charge on any atom is -0.265 e. The zero-order valence-corrected chi connectivity index (χ0v) is 10.5. The summed E-state index contributed by atoms with van der Waals surface area (Å²) in [7, 11) is 0. The zero-order chi connectivity index (χ0) is 12.7. The number of hydrogen-bond donors (Lipinski definition) is 0. The molecule has 2 aromatic carbocycles. The van der Waals surface area contributed by atoms with Crippen molar-refractivity contribution < 1.29 is 0 Å². The van der Waals surface area contributed by atoms with Crippen molar-refractivity contribution >= 4 is 0 Å². The highest BCUT2D eigenvalue weighted by atomic mass is 14.6. The van der Waals surface area contributed by atoms with Gasteiger partial charge in [0.15, 0.2) is 0 Å². The first-order valence-corrected chi connectivity index (χ1v) is 6.53. The van der Waals surface area contributed by atoms with Gasteiger partial charge in [0.2, 0.25) is 0 Å². The van der Waals surface area contributed by atoms with E-state index in [0.29, 0.717) is 0 Å². The first kappa shape index (κ1) is 10.5. The molecule has 1 heterocycles. The normalized spacial score (nSPS) is 12.0. The summed E-state index contributed by atoms with van der Waals surface area (Å²) in [5.74, 6) is 0. The van der Waals surface area contributed by atoms with Gasteiger partial charge in [-0.15, -0.1) is 0 Å². The second-order valence-corrected chi connectivity index (χ2v) is 4.94. The van der Waals surface area contributed by atoms with Crippen molar-refractivity contribution in [2.45, 2.75) is 6.42 Å². The van der Waals surface area contributed by atoms with Gasteiger partial charge in [0.25, 0.3) is 0 Å². The number of aromatic nitrogens is 1. The summed E-state index contributed by atoms with van der Waals surface area (Å²) in [5, 5.41) is 0. The van der Waals surface area contributed by atoms with Gasteiger partial charge in [-0.05, 0) is 51.9 Å². The smallest absolute Gasteiger partial charge is 0.0273 e. The summed E-state index contributed by atoms with van der Waals surface area (Å²) >= 11 is 0. The molecule has 1 aromatic heterocycles. The molecule has 0 N–H and O–H groups in total. The molecule has 0 atom stereocenters. The molecule has 19 heavy (non-hydrogen) atoms. The van der Waals surface area contributed by atoms with Gasteiger partial charge in [-0.1, -0.05) is 42.5 Å². The number of fused-ring (bicyclic) bond motifs is 3. The Morgan fingerprint density at radius 2 is 1.47 bits per heavy atom. The number of rotatable bonds is 1. The summed E-state index contributed by atoms with van der Waals surface area (Å²) in [6.07, 6.45) is 4.74. The molecule has 1 aliphatic carbocycles. The Bertz CT molecular complexity index is 745. The standard InChI is InChI=1S/C18H13N/c1-2-4-17-15(3-1)12-16-11-14(5-6-18(16)17)13-7-9-19-10-8-13/h1-11H,12H2. The van der Waals surface area contributed by atoms with Gasteiger partial charge in [0.1, 0.15) is 0 Å². The van der Waals surface area contributed by atoms with Crippen molar-refractivity contribution in [3.63, 3.8) is 0 Å². The molecular weight excluding hydrogens is 230 g/mol. The van der Waals surface area contributed by atoms with Crippen molar-refractivity contribution in [1.82, 2.24) is 4.98 Å².